The summed E-state index contributed by atoms with van der Waals surface area (Å²) in [6, 6.07) is 13.4. The molecule has 3 aromatic carbocycles. The summed E-state index contributed by atoms with van der Waals surface area (Å²) >= 11 is 0. The lowest BCUT2D eigenvalue weighted by Gasteiger charge is -2.12. The van der Waals surface area contributed by atoms with E-state index < -0.39 is 33.8 Å². The van der Waals surface area contributed by atoms with Gasteiger partial charge < -0.3 is 4.74 Å². The molecule has 0 saturated carbocycles. The second kappa shape index (κ2) is 8.22. The van der Waals surface area contributed by atoms with E-state index in [1.165, 1.54) is 24.3 Å². The van der Waals surface area contributed by atoms with E-state index in [4.69, 9.17) is 8.92 Å². The maximum atomic E-state index is 14.6. The van der Waals surface area contributed by atoms with Crippen LogP contribution in [0.1, 0.15) is 16.7 Å². The van der Waals surface area contributed by atoms with E-state index in [1.807, 2.05) is 6.92 Å². The summed E-state index contributed by atoms with van der Waals surface area (Å²) in [7, 11) is -4.01. The number of hydrogen-bond acceptors (Lipinski definition) is 4. The summed E-state index contributed by atoms with van der Waals surface area (Å²) in [4.78, 5) is -0.00313. The van der Waals surface area contributed by atoms with E-state index in [0.717, 1.165) is 23.8 Å². The van der Waals surface area contributed by atoms with Gasteiger partial charge in [-0.15, -0.1) is 0 Å². The Kier molecular flexibility index (Phi) is 5.72. The first kappa shape index (κ1) is 22.3. The fraction of sp³-hybridized carbons (Fsp3) is 0.217. The number of ether oxygens (including phenoxy) is 1. The molecule has 4 rings (SSSR count). The predicted octanol–water partition coefficient (Wildman–Crippen LogP) is 5.53. The summed E-state index contributed by atoms with van der Waals surface area (Å²) in [6.45, 7) is 1.49. The van der Waals surface area contributed by atoms with Crippen LogP contribution < -0.4 is 4.74 Å². The first-order valence-electron chi connectivity index (χ1n) is 9.66. The molecule has 1 heterocycles. The average molecular weight is 466 g/mol. The largest absolute Gasteiger partial charge is 0.484 e. The fourth-order valence-corrected chi connectivity index (χ4v) is 4.40. The fourth-order valence-electron chi connectivity index (χ4n) is 3.46. The lowest BCUT2D eigenvalue weighted by molar-refractivity contribution is -0.137. The minimum absolute atomic E-state index is 0.00313. The Balaban J connectivity index is 1.51. The zero-order chi connectivity index (χ0) is 23.1. The van der Waals surface area contributed by atoms with E-state index in [1.54, 1.807) is 18.2 Å². The lowest BCUT2D eigenvalue weighted by atomic mass is 9.99. The molecule has 0 amide bonds. The zero-order valence-corrected chi connectivity index (χ0v) is 17.6. The summed E-state index contributed by atoms with van der Waals surface area (Å²) in [5, 5.41) is 0. The Bertz CT molecular complexity index is 1250. The average Bonchev–Trinajstić information content (AvgIpc) is 3.16. The summed E-state index contributed by atoms with van der Waals surface area (Å²) in [6.07, 6.45) is -5.11. The van der Waals surface area contributed by atoms with Gasteiger partial charge in [0, 0.05) is 12.0 Å². The molecule has 1 atom stereocenters. The number of rotatable bonds is 5. The highest BCUT2D eigenvalue weighted by atomic mass is 32.2. The van der Waals surface area contributed by atoms with Crippen molar-refractivity contribution in [2.45, 2.75) is 30.5 Å². The highest BCUT2D eigenvalue weighted by Crippen LogP contribution is 2.38. The van der Waals surface area contributed by atoms with Crippen molar-refractivity contribution in [3.63, 3.8) is 0 Å². The van der Waals surface area contributed by atoms with Crippen molar-refractivity contribution in [1.82, 2.24) is 0 Å². The highest BCUT2D eigenvalue weighted by Gasteiger charge is 2.32. The van der Waals surface area contributed by atoms with Gasteiger partial charge in [-0.05, 0) is 54.4 Å². The normalized spacial score (nSPS) is 16.0. The van der Waals surface area contributed by atoms with Gasteiger partial charge in [-0.25, -0.2) is 4.39 Å². The van der Waals surface area contributed by atoms with Crippen molar-refractivity contribution >= 4 is 10.1 Å². The molecule has 1 aliphatic rings. The Morgan fingerprint density at radius 3 is 2.44 bits per heavy atom. The Labute approximate surface area is 182 Å². The van der Waals surface area contributed by atoms with Crippen molar-refractivity contribution in [2.75, 3.05) is 6.61 Å². The molecule has 168 valence electrons. The van der Waals surface area contributed by atoms with Gasteiger partial charge in [0.15, 0.2) is 11.6 Å². The van der Waals surface area contributed by atoms with E-state index in [-0.39, 0.29) is 34.8 Å². The third kappa shape index (κ3) is 4.63. The molecule has 0 bridgehead atoms. The van der Waals surface area contributed by atoms with Crippen LogP contribution in [0.25, 0.3) is 11.1 Å². The monoisotopic (exact) mass is 466 g/mol. The molecule has 0 aliphatic carbocycles. The molecule has 0 fully saturated rings. The van der Waals surface area contributed by atoms with Crippen molar-refractivity contribution in [3.8, 4) is 16.9 Å². The number of hydrogen-bond donors (Lipinski definition) is 0. The third-order valence-corrected chi connectivity index (χ3v) is 6.39. The Morgan fingerprint density at radius 2 is 1.75 bits per heavy atom. The second-order valence-electron chi connectivity index (χ2n) is 7.52. The van der Waals surface area contributed by atoms with Crippen LogP contribution in [0.5, 0.6) is 5.75 Å². The molecule has 0 aromatic heterocycles. The molecule has 1 unspecified atom stereocenters. The molecule has 0 saturated heterocycles. The number of aryl methyl sites for hydroxylation is 1. The molecule has 1 aliphatic heterocycles. The predicted molar refractivity (Wildman–Crippen MR) is 109 cm³/mol. The maximum absolute atomic E-state index is 14.6. The minimum Gasteiger partial charge on any atom is -0.484 e. The van der Waals surface area contributed by atoms with E-state index in [0.29, 0.717) is 5.56 Å². The van der Waals surface area contributed by atoms with E-state index >= 15 is 0 Å². The Hall–Kier alpha value is -2.91. The SMILES string of the molecule is Cc1ccc(S(=O)(=O)OCC2Cc3cc(-c4cccc(C(F)(F)F)c4)cc(F)c3O2)cc1. The molecular weight excluding hydrogens is 448 g/mol. The van der Waals surface area contributed by atoms with Crippen LogP contribution in [0.3, 0.4) is 0 Å². The maximum Gasteiger partial charge on any atom is 0.416 e. The van der Waals surface area contributed by atoms with Crippen LogP contribution in [0, 0.1) is 12.7 Å². The number of alkyl halides is 3. The van der Waals surface area contributed by atoms with E-state index in [2.05, 4.69) is 0 Å². The van der Waals surface area contributed by atoms with Crippen LogP contribution in [0.2, 0.25) is 0 Å². The smallest absolute Gasteiger partial charge is 0.416 e. The van der Waals surface area contributed by atoms with Crippen LogP contribution in [-0.2, 0) is 26.9 Å². The van der Waals surface area contributed by atoms with Crippen LogP contribution in [0.15, 0.2) is 65.6 Å². The van der Waals surface area contributed by atoms with Crippen LogP contribution in [0.4, 0.5) is 17.6 Å². The topological polar surface area (TPSA) is 52.6 Å². The molecule has 0 N–H and O–H groups in total. The molecule has 0 spiro atoms. The van der Waals surface area contributed by atoms with Crippen molar-refractivity contribution in [1.29, 1.82) is 0 Å². The van der Waals surface area contributed by atoms with Crippen molar-refractivity contribution < 1.29 is 34.9 Å². The van der Waals surface area contributed by atoms with E-state index in [9.17, 15) is 26.0 Å². The minimum atomic E-state index is -4.51. The van der Waals surface area contributed by atoms with Crippen molar-refractivity contribution in [2.24, 2.45) is 0 Å². The van der Waals surface area contributed by atoms with Gasteiger partial charge in [-0.1, -0.05) is 29.8 Å². The number of fused-ring (bicyclic) bond motifs is 1. The first-order chi connectivity index (χ1) is 15.0. The Morgan fingerprint density at radius 1 is 1.03 bits per heavy atom. The summed E-state index contributed by atoms with van der Waals surface area (Å²) in [5.41, 5.74) is 0.969. The molecule has 4 nitrogen and oxygen atoms in total. The first-order valence-corrected chi connectivity index (χ1v) is 11.1. The second-order valence-corrected chi connectivity index (χ2v) is 9.14. The van der Waals surface area contributed by atoms with Gasteiger partial charge in [-0.3, -0.25) is 4.18 Å². The highest BCUT2D eigenvalue weighted by molar-refractivity contribution is 7.86. The van der Waals surface area contributed by atoms with Gasteiger partial charge in [0.2, 0.25) is 0 Å². The molecule has 32 heavy (non-hydrogen) atoms. The van der Waals surface area contributed by atoms with Gasteiger partial charge in [0.05, 0.1) is 10.5 Å². The van der Waals surface area contributed by atoms with Gasteiger partial charge in [0.25, 0.3) is 10.1 Å². The zero-order valence-electron chi connectivity index (χ0n) is 16.8. The number of halogens is 4. The molecule has 9 heteroatoms. The quantitative estimate of drug-likeness (QED) is 0.367. The van der Waals surface area contributed by atoms with Gasteiger partial charge in [0.1, 0.15) is 12.7 Å². The van der Waals surface area contributed by atoms with Gasteiger partial charge in [-0.2, -0.15) is 21.6 Å². The molecule has 0 radical (unpaired) electrons. The van der Waals surface area contributed by atoms with Gasteiger partial charge >= 0.3 is 6.18 Å². The summed E-state index contributed by atoms with van der Waals surface area (Å²) < 4.78 is 88.9. The van der Waals surface area contributed by atoms with Crippen LogP contribution >= 0.6 is 0 Å². The molecule has 3 aromatic rings. The molecular formula is C23H18F4O4S. The number of benzene rings is 3. The third-order valence-electron chi connectivity index (χ3n) is 5.09. The lowest BCUT2D eigenvalue weighted by Crippen LogP contribution is -2.23. The summed E-state index contributed by atoms with van der Waals surface area (Å²) in [5.74, 6) is -0.791. The van der Waals surface area contributed by atoms with Crippen LogP contribution in [-0.4, -0.2) is 21.1 Å². The standard InChI is InChI=1S/C23H18F4O4S/c1-14-5-7-20(8-6-14)32(28,29)30-13-19-11-17-9-16(12-21(24)22(17)31-19)15-3-2-4-18(10-15)23(25,26)27/h2-10,12,19H,11,13H2,1H3. The van der Waals surface area contributed by atoms with Crippen molar-refractivity contribution in [3.05, 3.63) is 83.2 Å².